The Morgan fingerprint density at radius 1 is 0.567 bits per heavy atom. The normalized spacial score (nSPS) is 10.6. The van der Waals surface area contributed by atoms with E-state index in [-0.39, 0.29) is 0 Å². The summed E-state index contributed by atoms with van der Waals surface area (Å²) in [6, 6.07) is 27.8. The van der Waals surface area contributed by atoms with Gasteiger partial charge in [0.1, 0.15) is 36.2 Å². The van der Waals surface area contributed by atoms with Gasteiger partial charge in [-0.25, -0.2) is 0 Å². The lowest BCUT2D eigenvalue weighted by Gasteiger charge is -2.16. The van der Waals surface area contributed by atoms with Gasteiger partial charge in [0.2, 0.25) is 0 Å². The summed E-state index contributed by atoms with van der Waals surface area (Å²) in [5.74, 6) is 2.86. The second-order valence-electron chi connectivity index (χ2n) is 6.86. The van der Waals surface area contributed by atoms with Gasteiger partial charge in [-0.2, -0.15) is 0 Å². The number of fused-ring (bicyclic) bond motifs is 1. The van der Waals surface area contributed by atoms with Gasteiger partial charge in [0.05, 0.1) is 19.6 Å². The number of benzene rings is 4. The summed E-state index contributed by atoms with van der Waals surface area (Å²) in [6.45, 7) is 0.944. The fourth-order valence-electron chi connectivity index (χ4n) is 3.38. The molecule has 0 unspecified atom stereocenters. The predicted molar refractivity (Wildman–Crippen MR) is 119 cm³/mol. The maximum atomic E-state index is 6.16. The Labute approximate surface area is 176 Å². The van der Waals surface area contributed by atoms with Crippen LogP contribution in [0.4, 0.5) is 0 Å². The highest BCUT2D eigenvalue weighted by Gasteiger charge is 2.15. The molecule has 4 nitrogen and oxygen atoms in total. The van der Waals surface area contributed by atoms with Crippen LogP contribution in [0.15, 0.2) is 84.9 Å². The van der Waals surface area contributed by atoms with Gasteiger partial charge in [0.25, 0.3) is 0 Å². The SMILES string of the molecule is COc1ccc(OCc2ccccc2)c2cc(OCc3ccccc3)cc(OC)c12. The molecule has 0 fully saturated rings. The van der Waals surface area contributed by atoms with Crippen molar-refractivity contribution in [2.75, 3.05) is 14.2 Å². The molecule has 0 spiro atoms. The van der Waals surface area contributed by atoms with Crippen LogP contribution in [-0.4, -0.2) is 14.2 Å². The van der Waals surface area contributed by atoms with E-state index < -0.39 is 0 Å². The Hall–Kier alpha value is -3.66. The fraction of sp³-hybridized carbons (Fsp3) is 0.154. The van der Waals surface area contributed by atoms with Crippen molar-refractivity contribution in [1.82, 2.24) is 0 Å². The topological polar surface area (TPSA) is 36.9 Å². The van der Waals surface area contributed by atoms with Crippen molar-refractivity contribution >= 4 is 10.8 Å². The second kappa shape index (κ2) is 9.23. The summed E-state index contributed by atoms with van der Waals surface area (Å²) in [5.41, 5.74) is 2.20. The largest absolute Gasteiger partial charge is 0.496 e. The van der Waals surface area contributed by atoms with Crippen LogP contribution in [0.5, 0.6) is 23.0 Å². The average molecular weight is 400 g/mol. The maximum absolute atomic E-state index is 6.16. The molecule has 0 saturated carbocycles. The van der Waals surface area contributed by atoms with Gasteiger partial charge in [-0.3, -0.25) is 0 Å². The smallest absolute Gasteiger partial charge is 0.134 e. The lowest BCUT2D eigenvalue weighted by molar-refractivity contribution is 0.302. The molecule has 0 saturated heterocycles. The Morgan fingerprint density at radius 3 is 1.73 bits per heavy atom. The molecule has 152 valence electrons. The molecule has 0 amide bonds. The Morgan fingerprint density at radius 2 is 1.13 bits per heavy atom. The third kappa shape index (κ3) is 4.33. The Kier molecular flexibility index (Phi) is 6.04. The first-order valence-corrected chi connectivity index (χ1v) is 9.80. The summed E-state index contributed by atoms with van der Waals surface area (Å²) in [4.78, 5) is 0. The molecule has 4 rings (SSSR count). The number of hydrogen-bond acceptors (Lipinski definition) is 4. The van der Waals surface area contributed by atoms with Gasteiger partial charge in [-0.1, -0.05) is 60.7 Å². The van der Waals surface area contributed by atoms with Gasteiger partial charge in [-0.15, -0.1) is 0 Å². The molecule has 0 radical (unpaired) electrons. The minimum Gasteiger partial charge on any atom is -0.496 e. The molecule has 4 aromatic carbocycles. The van der Waals surface area contributed by atoms with Gasteiger partial charge in [0, 0.05) is 11.5 Å². The van der Waals surface area contributed by atoms with Crippen molar-refractivity contribution in [1.29, 1.82) is 0 Å². The van der Waals surface area contributed by atoms with Crippen molar-refractivity contribution in [3.63, 3.8) is 0 Å². The molecule has 0 aromatic heterocycles. The zero-order chi connectivity index (χ0) is 20.8. The predicted octanol–water partition coefficient (Wildman–Crippen LogP) is 6.02. The fourth-order valence-corrected chi connectivity index (χ4v) is 3.38. The molecule has 0 N–H and O–H groups in total. The quantitative estimate of drug-likeness (QED) is 0.363. The first-order valence-electron chi connectivity index (χ1n) is 9.80. The van der Waals surface area contributed by atoms with Crippen LogP contribution in [0.1, 0.15) is 11.1 Å². The molecular weight excluding hydrogens is 376 g/mol. The summed E-state index contributed by atoms with van der Waals surface area (Å²) in [5, 5.41) is 1.74. The lowest BCUT2D eigenvalue weighted by atomic mass is 10.1. The van der Waals surface area contributed by atoms with Gasteiger partial charge in [-0.05, 0) is 29.3 Å². The van der Waals surface area contributed by atoms with Crippen LogP contribution in [0, 0.1) is 0 Å². The van der Waals surface area contributed by atoms with Gasteiger partial charge >= 0.3 is 0 Å². The summed E-state index contributed by atoms with van der Waals surface area (Å²) in [6.07, 6.45) is 0. The van der Waals surface area contributed by atoms with E-state index in [1.807, 2.05) is 84.9 Å². The molecule has 0 bridgehead atoms. The maximum Gasteiger partial charge on any atom is 0.134 e. The first-order chi connectivity index (χ1) is 14.8. The summed E-state index contributed by atoms with van der Waals surface area (Å²) in [7, 11) is 3.30. The number of methoxy groups -OCH3 is 2. The third-order valence-electron chi connectivity index (χ3n) is 4.90. The van der Waals surface area contributed by atoms with E-state index in [4.69, 9.17) is 18.9 Å². The molecule has 0 atom stereocenters. The van der Waals surface area contributed by atoms with Crippen LogP contribution in [0.3, 0.4) is 0 Å². The molecule has 0 aliphatic carbocycles. The Balaban J connectivity index is 1.70. The minimum absolute atomic E-state index is 0.472. The van der Waals surface area contributed by atoms with Crippen molar-refractivity contribution in [3.05, 3.63) is 96.1 Å². The molecule has 4 aromatic rings. The first kappa shape index (κ1) is 19.6. The highest BCUT2D eigenvalue weighted by molar-refractivity contribution is 5.99. The van der Waals surface area contributed by atoms with E-state index in [0.717, 1.165) is 33.4 Å². The second-order valence-corrected chi connectivity index (χ2v) is 6.86. The van der Waals surface area contributed by atoms with Crippen molar-refractivity contribution in [2.24, 2.45) is 0 Å². The summed E-state index contributed by atoms with van der Waals surface area (Å²) < 4.78 is 23.5. The number of hydrogen-bond donors (Lipinski definition) is 0. The lowest BCUT2D eigenvalue weighted by Crippen LogP contribution is -1.99. The molecule has 30 heavy (non-hydrogen) atoms. The van der Waals surface area contributed by atoms with E-state index in [2.05, 4.69) is 0 Å². The van der Waals surface area contributed by atoms with Gasteiger partial charge in [0.15, 0.2) is 0 Å². The van der Waals surface area contributed by atoms with Crippen LogP contribution >= 0.6 is 0 Å². The van der Waals surface area contributed by atoms with Crippen LogP contribution < -0.4 is 18.9 Å². The van der Waals surface area contributed by atoms with E-state index >= 15 is 0 Å². The standard InChI is InChI=1S/C26H24O4/c1-27-24-14-13-23(30-18-20-11-7-4-8-12-20)22-15-21(16-25(28-2)26(22)24)29-17-19-9-5-3-6-10-19/h3-16H,17-18H2,1-2H3. The highest BCUT2D eigenvalue weighted by atomic mass is 16.5. The van der Waals surface area contributed by atoms with Crippen molar-refractivity contribution < 1.29 is 18.9 Å². The van der Waals surface area contributed by atoms with E-state index in [1.54, 1.807) is 14.2 Å². The van der Waals surface area contributed by atoms with E-state index in [1.165, 1.54) is 0 Å². The highest BCUT2D eigenvalue weighted by Crippen LogP contribution is 2.42. The average Bonchev–Trinajstić information content (AvgIpc) is 2.82. The molecule has 0 aliphatic heterocycles. The van der Waals surface area contributed by atoms with Crippen molar-refractivity contribution in [3.8, 4) is 23.0 Å². The molecule has 4 heteroatoms. The van der Waals surface area contributed by atoms with Crippen LogP contribution in [0.2, 0.25) is 0 Å². The summed E-state index contributed by atoms with van der Waals surface area (Å²) >= 11 is 0. The van der Waals surface area contributed by atoms with Crippen LogP contribution in [-0.2, 0) is 13.2 Å². The van der Waals surface area contributed by atoms with E-state index in [0.29, 0.717) is 24.7 Å². The van der Waals surface area contributed by atoms with Gasteiger partial charge < -0.3 is 18.9 Å². The zero-order valence-corrected chi connectivity index (χ0v) is 17.1. The molecule has 0 aliphatic rings. The van der Waals surface area contributed by atoms with Crippen LogP contribution in [0.25, 0.3) is 10.8 Å². The van der Waals surface area contributed by atoms with Crippen molar-refractivity contribution in [2.45, 2.75) is 13.2 Å². The Bertz CT molecular complexity index is 1110. The van der Waals surface area contributed by atoms with E-state index in [9.17, 15) is 0 Å². The molecular formula is C26H24O4. The number of ether oxygens (including phenoxy) is 4. The monoisotopic (exact) mass is 400 g/mol. The zero-order valence-electron chi connectivity index (χ0n) is 17.1. The molecule has 0 heterocycles. The minimum atomic E-state index is 0.472. The number of rotatable bonds is 8. The third-order valence-corrected chi connectivity index (χ3v) is 4.90.